The summed E-state index contributed by atoms with van der Waals surface area (Å²) in [6.07, 6.45) is 0. The first-order chi connectivity index (χ1) is 10.9. The fraction of sp³-hybridized carbons (Fsp3) is 0.286. The fourth-order valence-corrected chi connectivity index (χ4v) is 3.08. The molecule has 1 heterocycles. The number of halogens is 2. The Morgan fingerprint density at radius 1 is 1.30 bits per heavy atom. The number of hydrogen-bond donors (Lipinski definition) is 1. The SMILES string of the molecule is COC(=O)C1=C(C(=O)OC)N(c2c(Br)ccc(I)c2O)COC1. The van der Waals surface area contributed by atoms with E-state index >= 15 is 0 Å². The second-order valence-corrected chi connectivity index (χ2v) is 6.46. The van der Waals surface area contributed by atoms with Crippen molar-refractivity contribution in [2.45, 2.75) is 0 Å². The number of phenols is 1. The van der Waals surface area contributed by atoms with Gasteiger partial charge in [0.25, 0.3) is 0 Å². The van der Waals surface area contributed by atoms with Crippen molar-refractivity contribution in [1.82, 2.24) is 0 Å². The number of phenolic OH excluding ortho intramolecular Hbond substituents is 1. The number of hydrogen-bond acceptors (Lipinski definition) is 7. The summed E-state index contributed by atoms with van der Waals surface area (Å²) < 4.78 is 16.0. The molecule has 2 rings (SSSR count). The van der Waals surface area contributed by atoms with Crippen molar-refractivity contribution >= 4 is 56.1 Å². The van der Waals surface area contributed by atoms with Gasteiger partial charge in [0.2, 0.25) is 0 Å². The van der Waals surface area contributed by atoms with E-state index in [4.69, 9.17) is 14.2 Å². The summed E-state index contributed by atoms with van der Waals surface area (Å²) in [4.78, 5) is 25.5. The molecule has 1 aliphatic heterocycles. The lowest BCUT2D eigenvalue weighted by atomic mass is 10.1. The molecule has 0 bridgehead atoms. The number of ether oxygens (including phenoxy) is 3. The van der Waals surface area contributed by atoms with Crippen LogP contribution in [0.2, 0.25) is 0 Å². The largest absolute Gasteiger partial charge is 0.505 e. The summed E-state index contributed by atoms with van der Waals surface area (Å²) in [5.74, 6) is -1.47. The van der Waals surface area contributed by atoms with Crippen LogP contribution in [0.25, 0.3) is 0 Å². The molecule has 1 aliphatic rings. The highest BCUT2D eigenvalue weighted by Gasteiger charge is 2.34. The molecule has 124 valence electrons. The molecule has 1 aromatic carbocycles. The van der Waals surface area contributed by atoms with Gasteiger partial charge in [-0.2, -0.15) is 0 Å². The van der Waals surface area contributed by atoms with E-state index in [0.717, 1.165) is 0 Å². The lowest BCUT2D eigenvalue weighted by molar-refractivity contribution is -0.140. The molecule has 0 aliphatic carbocycles. The zero-order chi connectivity index (χ0) is 17.1. The summed E-state index contributed by atoms with van der Waals surface area (Å²) in [7, 11) is 2.42. The lowest BCUT2D eigenvalue weighted by Gasteiger charge is -2.32. The molecule has 0 aromatic heterocycles. The van der Waals surface area contributed by atoms with Crippen LogP contribution in [0.15, 0.2) is 27.9 Å². The van der Waals surface area contributed by atoms with Gasteiger partial charge < -0.3 is 24.2 Å². The molecule has 0 amide bonds. The molecule has 1 N–H and O–H groups in total. The molecule has 0 saturated carbocycles. The Hall–Kier alpha value is -1.33. The summed E-state index contributed by atoms with van der Waals surface area (Å²) >= 11 is 5.30. The summed E-state index contributed by atoms with van der Waals surface area (Å²) in [5.41, 5.74) is 0.303. The van der Waals surface area contributed by atoms with Crippen molar-refractivity contribution in [2.75, 3.05) is 32.5 Å². The van der Waals surface area contributed by atoms with Crippen LogP contribution in [0.4, 0.5) is 5.69 Å². The smallest absolute Gasteiger partial charge is 0.355 e. The Kier molecular flexibility index (Phi) is 5.87. The molecule has 0 atom stereocenters. The molecule has 9 heteroatoms. The van der Waals surface area contributed by atoms with E-state index in [1.54, 1.807) is 12.1 Å². The molecule has 7 nitrogen and oxygen atoms in total. The van der Waals surface area contributed by atoms with E-state index in [9.17, 15) is 14.7 Å². The van der Waals surface area contributed by atoms with E-state index in [0.29, 0.717) is 13.7 Å². The quantitative estimate of drug-likeness (QED) is 0.506. The number of carbonyl (C=O) groups excluding carboxylic acids is 2. The minimum atomic E-state index is -0.723. The van der Waals surface area contributed by atoms with Crippen LogP contribution in [0.1, 0.15) is 0 Å². The van der Waals surface area contributed by atoms with E-state index in [-0.39, 0.29) is 30.4 Å². The van der Waals surface area contributed by atoms with Crippen molar-refractivity contribution in [3.8, 4) is 5.75 Å². The van der Waals surface area contributed by atoms with Crippen LogP contribution >= 0.6 is 38.5 Å². The third kappa shape index (κ3) is 3.45. The van der Waals surface area contributed by atoms with Gasteiger partial charge in [0.1, 0.15) is 18.1 Å². The fourth-order valence-electron chi connectivity index (χ4n) is 2.11. The van der Waals surface area contributed by atoms with Crippen LogP contribution in [-0.4, -0.2) is 44.6 Å². The van der Waals surface area contributed by atoms with Gasteiger partial charge in [-0.15, -0.1) is 0 Å². The number of aromatic hydroxyl groups is 1. The monoisotopic (exact) mass is 497 g/mol. The van der Waals surface area contributed by atoms with Crippen molar-refractivity contribution in [2.24, 2.45) is 0 Å². The lowest BCUT2D eigenvalue weighted by Crippen LogP contribution is -2.39. The second-order valence-electron chi connectivity index (χ2n) is 4.44. The van der Waals surface area contributed by atoms with E-state index in [2.05, 4.69) is 15.9 Å². The number of benzene rings is 1. The first-order valence-corrected chi connectivity index (χ1v) is 8.21. The normalized spacial score (nSPS) is 14.7. The van der Waals surface area contributed by atoms with E-state index in [1.807, 2.05) is 22.6 Å². The standard InChI is InChI=1S/C14H13BrINO6/c1-21-13(19)7-5-23-6-17(10(7)14(20)22-2)11-8(15)3-4-9(16)12(11)18/h3-4,18H,5-6H2,1-2H3. The number of nitrogens with zero attached hydrogens (tertiary/aromatic N) is 1. The van der Waals surface area contributed by atoms with Crippen molar-refractivity contribution < 1.29 is 28.9 Å². The summed E-state index contributed by atoms with van der Waals surface area (Å²) in [5, 5.41) is 10.4. The van der Waals surface area contributed by atoms with Gasteiger partial charge in [0.15, 0.2) is 5.75 Å². The summed E-state index contributed by atoms with van der Waals surface area (Å²) in [6, 6.07) is 3.43. The molecule has 1 aromatic rings. The molecular weight excluding hydrogens is 485 g/mol. The average Bonchev–Trinajstić information content (AvgIpc) is 2.56. The Morgan fingerprint density at radius 3 is 2.57 bits per heavy atom. The van der Waals surface area contributed by atoms with Crippen LogP contribution in [0.3, 0.4) is 0 Å². The van der Waals surface area contributed by atoms with Crippen LogP contribution in [0, 0.1) is 3.57 Å². The molecular formula is C14H13BrINO6. The van der Waals surface area contributed by atoms with E-state index < -0.39 is 11.9 Å². The van der Waals surface area contributed by atoms with Gasteiger partial charge in [-0.1, -0.05) is 0 Å². The van der Waals surface area contributed by atoms with Gasteiger partial charge in [-0.3, -0.25) is 0 Å². The zero-order valence-corrected chi connectivity index (χ0v) is 16.0. The van der Waals surface area contributed by atoms with Gasteiger partial charge in [-0.05, 0) is 50.7 Å². The number of methoxy groups -OCH3 is 2. The van der Waals surface area contributed by atoms with E-state index in [1.165, 1.54) is 19.1 Å². The third-order valence-electron chi connectivity index (χ3n) is 3.16. The van der Waals surface area contributed by atoms with Crippen LogP contribution in [0.5, 0.6) is 5.75 Å². The van der Waals surface area contributed by atoms with Crippen LogP contribution in [-0.2, 0) is 23.8 Å². The Balaban J connectivity index is 2.68. The maximum Gasteiger partial charge on any atom is 0.355 e. The number of anilines is 1. The molecule has 0 spiro atoms. The molecule has 0 saturated heterocycles. The predicted octanol–water partition coefficient (Wildman–Crippen LogP) is 2.15. The number of esters is 2. The topological polar surface area (TPSA) is 85.3 Å². The number of rotatable bonds is 3. The maximum atomic E-state index is 12.2. The highest BCUT2D eigenvalue weighted by atomic mass is 127. The Labute approximate surface area is 154 Å². The first kappa shape index (κ1) is 18.0. The van der Waals surface area contributed by atoms with Crippen molar-refractivity contribution in [3.05, 3.63) is 31.4 Å². The Morgan fingerprint density at radius 2 is 1.96 bits per heavy atom. The average molecular weight is 498 g/mol. The summed E-state index contributed by atoms with van der Waals surface area (Å²) in [6.45, 7) is -0.118. The second kappa shape index (κ2) is 7.49. The molecule has 23 heavy (non-hydrogen) atoms. The maximum absolute atomic E-state index is 12.2. The zero-order valence-electron chi connectivity index (χ0n) is 12.3. The Bertz CT molecular complexity index is 690. The number of carbonyl (C=O) groups is 2. The third-order valence-corrected chi connectivity index (χ3v) is 4.67. The van der Waals surface area contributed by atoms with Gasteiger partial charge in [0.05, 0.1) is 30.0 Å². The predicted molar refractivity (Wildman–Crippen MR) is 92.9 cm³/mol. The van der Waals surface area contributed by atoms with Crippen molar-refractivity contribution in [1.29, 1.82) is 0 Å². The van der Waals surface area contributed by atoms with Crippen LogP contribution < -0.4 is 4.90 Å². The molecule has 0 radical (unpaired) electrons. The minimum Gasteiger partial charge on any atom is -0.505 e. The van der Waals surface area contributed by atoms with Gasteiger partial charge >= 0.3 is 11.9 Å². The highest BCUT2D eigenvalue weighted by molar-refractivity contribution is 14.1. The van der Waals surface area contributed by atoms with Gasteiger partial charge in [0, 0.05) is 4.47 Å². The van der Waals surface area contributed by atoms with Gasteiger partial charge in [-0.25, -0.2) is 9.59 Å². The molecule has 0 fully saturated rings. The highest BCUT2D eigenvalue weighted by Crippen LogP contribution is 2.41. The first-order valence-electron chi connectivity index (χ1n) is 6.34. The minimum absolute atomic E-state index is 0.0239. The molecule has 0 unspecified atom stereocenters. The van der Waals surface area contributed by atoms with Crippen molar-refractivity contribution in [3.63, 3.8) is 0 Å².